The first-order valence-electron chi connectivity index (χ1n) is 6.98. The van der Waals surface area contributed by atoms with Gasteiger partial charge < -0.3 is 19.3 Å². The lowest BCUT2D eigenvalue weighted by atomic mass is 10.1. The van der Waals surface area contributed by atoms with Crippen LogP contribution in [-0.2, 0) is 0 Å². The number of benzene rings is 2. The van der Waals surface area contributed by atoms with Crippen LogP contribution in [-0.4, -0.2) is 24.1 Å². The molecule has 23 heavy (non-hydrogen) atoms. The average molecular weight is 331 g/mol. The number of allylic oxidation sites excluding steroid dienone is 1. The fraction of sp³-hybridized carbons (Fsp3) is 0.118. The molecule has 116 valence electrons. The van der Waals surface area contributed by atoms with E-state index in [9.17, 15) is 9.90 Å². The number of ketones is 1. The molecule has 0 atom stereocenters. The van der Waals surface area contributed by atoms with Gasteiger partial charge in [0, 0.05) is 6.07 Å². The van der Waals surface area contributed by atoms with E-state index in [1.54, 1.807) is 18.2 Å². The first-order valence-corrected chi connectivity index (χ1v) is 7.36. The van der Waals surface area contributed by atoms with E-state index in [2.05, 4.69) is 0 Å². The van der Waals surface area contributed by atoms with Crippen LogP contribution in [0.1, 0.15) is 15.9 Å². The molecule has 2 aromatic rings. The maximum Gasteiger partial charge on any atom is 0.231 e. The number of carbonyl (C=O) groups is 1. The molecule has 0 unspecified atom stereocenters. The monoisotopic (exact) mass is 330 g/mol. The van der Waals surface area contributed by atoms with E-state index in [1.807, 2.05) is 0 Å². The number of fused-ring (bicyclic) bond motifs is 2. The highest BCUT2D eigenvalue weighted by atomic mass is 35.5. The van der Waals surface area contributed by atoms with Crippen molar-refractivity contribution >= 4 is 23.5 Å². The zero-order valence-electron chi connectivity index (χ0n) is 11.8. The Morgan fingerprint density at radius 3 is 2.78 bits per heavy atom. The summed E-state index contributed by atoms with van der Waals surface area (Å²) in [6.45, 7) is 0.900. The highest BCUT2D eigenvalue weighted by Crippen LogP contribution is 2.40. The lowest BCUT2D eigenvalue weighted by molar-refractivity contribution is 0.101. The van der Waals surface area contributed by atoms with Gasteiger partial charge in [-0.3, -0.25) is 4.79 Å². The van der Waals surface area contributed by atoms with Crippen molar-refractivity contribution in [3.05, 3.63) is 52.2 Å². The third-order valence-electron chi connectivity index (χ3n) is 3.57. The number of carbonyl (C=O) groups excluding carboxylic acids is 1. The second-order valence-corrected chi connectivity index (χ2v) is 5.55. The van der Waals surface area contributed by atoms with Crippen molar-refractivity contribution in [3.63, 3.8) is 0 Å². The number of ether oxygens (including phenoxy) is 3. The molecule has 0 spiro atoms. The van der Waals surface area contributed by atoms with Crippen LogP contribution in [0.5, 0.6) is 23.0 Å². The lowest BCUT2D eigenvalue weighted by Gasteiger charge is -2.19. The van der Waals surface area contributed by atoms with Crippen LogP contribution in [0.3, 0.4) is 0 Å². The third-order valence-corrected chi connectivity index (χ3v) is 3.85. The molecule has 0 aliphatic carbocycles. The molecule has 2 aromatic carbocycles. The van der Waals surface area contributed by atoms with Crippen LogP contribution >= 0.6 is 11.6 Å². The molecule has 0 bridgehead atoms. The Balaban J connectivity index is 1.72. The molecule has 5 nitrogen and oxygen atoms in total. The molecule has 2 aliphatic heterocycles. The minimum absolute atomic E-state index is 0.0418. The van der Waals surface area contributed by atoms with E-state index in [0.717, 1.165) is 0 Å². The van der Waals surface area contributed by atoms with E-state index in [-0.39, 0.29) is 17.3 Å². The van der Waals surface area contributed by atoms with Crippen LogP contribution < -0.4 is 14.2 Å². The number of hydrogen-bond acceptors (Lipinski definition) is 5. The van der Waals surface area contributed by atoms with Gasteiger partial charge in [-0.15, -0.1) is 0 Å². The number of hydrogen-bond donors (Lipinski definition) is 1. The minimum atomic E-state index is -0.244. The number of phenolic OH excluding ortho intramolecular Hbond substituents is 1. The normalized spacial score (nSPS) is 17.1. The van der Waals surface area contributed by atoms with Crippen molar-refractivity contribution in [1.29, 1.82) is 0 Å². The third kappa shape index (κ3) is 2.39. The summed E-state index contributed by atoms with van der Waals surface area (Å²) in [6, 6.07) is 7.81. The number of phenols is 1. The second kappa shape index (κ2) is 5.21. The standard InChI is InChI=1S/C17H11ClO5/c18-12-5-9(7-15-17(12)22-4-3-21-15)6-14-16(20)11-2-1-10(19)8-13(11)23-14/h1-2,5-8,19H,3-4H2/b14-6-. The summed E-state index contributed by atoms with van der Waals surface area (Å²) in [5.41, 5.74) is 1.08. The molecule has 0 saturated carbocycles. The van der Waals surface area contributed by atoms with E-state index >= 15 is 0 Å². The number of halogens is 1. The summed E-state index contributed by atoms with van der Waals surface area (Å²) in [5, 5.41) is 9.88. The summed E-state index contributed by atoms with van der Waals surface area (Å²) >= 11 is 6.19. The van der Waals surface area contributed by atoms with Gasteiger partial charge in [-0.05, 0) is 35.9 Å². The van der Waals surface area contributed by atoms with Crippen molar-refractivity contribution in [2.45, 2.75) is 0 Å². The first-order chi connectivity index (χ1) is 11.1. The number of rotatable bonds is 1. The molecular formula is C17H11ClO5. The predicted molar refractivity (Wildman–Crippen MR) is 83.5 cm³/mol. The van der Waals surface area contributed by atoms with Crippen LogP contribution in [0.15, 0.2) is 36.1 Å². The van der Waals surface area contributed by atoms with Gasteiger partial charge in [0.2, 0.25) is 5.78 Å². The Labute approximate surface area is 136 Å². The Morgan fingerprint density at radius 2 is 1.91 bits per heavy atom. The average Bonchev–Trinajstić information content (AvgIpc) is 2.83. The summed E-state index contributed by atoms with van der Waals surface area (Å²) in [7, 11) is 0. The predicted octanol–water partition coefficient (Wildman–Crippen LogP) is 3.43. The molecule has 0 radical (unpaired) electrons. The van der Waals surface area contributed by atoms with Gasteiger partial charge in [0.05, 0.1) is 10.6 Å². The Morgan fingerprint density at radius 1 is 1.09 bits per heavy atom. The van der Waals surface area contributed by atoms with Gasteiger partial charge in [0.25, 0.3) is 0 Å². The van der Waals surface area contributed by atoms with Gasteiger partial charge in [-0.1, -0.05) is 11.6 Å². The number of aromatic hydroxyl groups is 1. The summed E-state index contributed by atoms with van der Waals surface area (Å²) < 4.78 is 16.5. The SMILES string of the molecule is O=C1/C(=C/c2cc(Cl)c3c(c2)OCCO3)Oc2cc(O)ccc21. The van der Waals surface area contributed by atoms with E-state index in [4.69, 9.17) is 25.8 Å². The summed E-state index contributed by atoms with van der Waals surface area (Å²) in [5.74, 6) is 1.34. The van der Waals surface area contributed by atoms with Crippen molar-refractivity contribution in [2.75, 3.05) is 13.2 Å². The maximum atomic E-state index is 12.3. The van der Waals surface area contributed by atoms with Gasteiger partial charge >= 0.3 is 0 Å². The molecule has 1 N–H and O–H groups in total. The molecule has 2 heterocycles. The van der Waals surface area contributed by atoms with Gasteiger partial charge in [-0.2, -0.15) is 0 Å². The smallest absolute Gasteiger partial charge is 0.231 e. The van der Waals surface area contributed by atoms with Crippen LogP contribution in [0, 0.1) is 0 Å². The minimum Gasteiger partial charge on any atom is -0.508 e. The maximum absolute atomic E-state index is 12.3. The van der Waals surface area contributed by atoms with Gasteiger partial charge in [0.15, 0.2) is 17.3 Å². The zero-order valence-corrected chi connectivity index (χ0v) is 12.6. The van der Waals surface area contributed by atoms with E-state index in [1.165, 1.54) is 18.2 Å². The second-order valence-electron chi connectivity index (χ2n) is 5.15. The Kier molecular flexibility index (Phi) is 3.16. The van der Waals surface area contributed by atoms with E-state index < -0.39 is 0 Å². The van der Waals surface area contributed by atoms with Crippen molar-refractivity contribution in [1.82, 2.24) is 0 Å². The highest BCUT2D eigenvalue weighted by molar-refractivity contribution is 6.32. The Hall–Kier alpha value is -2.66. The van der Waals surface area contributed by atoms with Crippen LogP contribution in [0.25, 0.3) is 6.08 Å². The van der Waals surface area contributed by atoms with Crippen LogP contribution in [0.2, 0.25) is 5.02 Å². The molecule has 4 rings (SSSR count). The molecular weight excluding hydrogens is 320 g/mol. The number of Topliss-reactive ketones (excluding diaryl/α,β-unsaturated/α-hetero) is 1. The molecule has 0 saturated heterocycles. The molecule has 0 aromatic heterocycles. The molecule has 6 heteroatoms. The fourth-order valence-electron chi connectivity index (χ4n) is 2.54. The molecule has 0 fully saturated rings. The van der Waals surface area contributed by atoms with Gasteiger partial charge in [-0.25, -0.2) is 0 Å². The zero-order chi connectivity index (χ0) is 16.0. The highest BCUT2D eigenvalue weighted by Gasteiger charge is 2.28. The van der Waals surface area contributed by atoms with Crippen molar-refractivity contribution in [3.8, 4) is 23.0 Å². The first kappa shape index (κ1) is 14.0. The largest absolute Gasteiger partial charge is 0.508 e. The molecule has 2 aliphatic rings. The topological polar surface area (TPSA) is 65.0 Å². The van der Waals surface area contributed by atoms with E-state index in [0.29, 0.717) is 46.6 Å². The summed E-state index contributed by atoms with van der Waals surface area (Å²) in [4.78, 5) is 12.3. The summed E-state index contributed by atoms with van der Waals surface area (Å²) in [6.07, 6.45) is 1.59. The van der Waals surface area contributed by atoms with Gasteiger partial charge in [0.1, 0.15) is 24.7 Å². The Bertz CT molecular complexity index is 856. The quantitative estimate of drug-likeness (QED) is 0.811. The van der Waals surface area contributed by atoms with Crippen molar-refractivity contribution < 1.29 is 24.1 Å². The fourth-order valence-corrected chi connectivity index (χ4v) is 2.81. The van der Waals surface area contributed by atoms with Crippen LogP contribution in [0.4, 0.5) is 0 Å². The van der Waals surface area contributed by atoms with Crippen molar-refractivity contribution in [2.24, 2.45) is 0 Å². The lowest BCUT2D eigenvalue weighted by Crippen LogP contribution is -2.15. The molecule has 0 amide bonds.